The molecule has 0 bridgehead atoms. The molecule has 1 amide bonds. The maximum atomic E-state index is 12.6. The van der Waals surface area contributed by atoms with Crippen molar-refractivity contribution in [3.63, 3.8) is 0 Å². The molecule has 6 nitrogen and oxygen atoms in total. The molecule has 0 aliphatic heterocycles. The lowest BCUT2D eigenvalue weighted by Crippen LogP contribution is -2.34. The number of aromatic nitrogens is 3. The molecule has 0 spiro atoms. The third-order valence-corrected chi connectivity index (χ3v) is 3.99. The summed E-state index contributed by atoms with van der Waals surface area (Å²) in [5.41, 5.74) is 0.763. The van der Waals surface area contributed by atoms with Gasteiger partial charge in [0.25, 0.3) is 11.5 Å². The Morgan fingerprint density at radius 1 is 1.29 bits per heavy atom. The summed E-state index contributed by atoms with van der Waals surface area (Å²) in [6.07, 6.45) is 8.83. The molecule has 0 saturated carbocycles. The number of carbonyl (C=O) groups is 1. The van der Waals surface area contributed by atoms with Gasteiger partial charge in [-0.1, -0.05) is 13.8 Å². The molecule has 0 atom stereocenters. The third-order valence-electron chi connectivity index (χ3n) is 3.99. The summed E-state index contributed by atoms with van der Waals surface area (Å²) in [6.45, 7) is 7.98. The van der Waals surface area contributed by atoms with Crippen LogP contribution in [-0.2, 0) is 13.1 Å². The van der Waals surface area contributed by atoms with Crippen molar-refractivity contribution >= 4 is 5.91 Å². The topological polar surface area (TPSA) is 68.9 Å². The van der Waals surface area contributed by atoms with Crippen molar-refractivity contribution in [2.24, 2.45) is 5.92 Å². The first-order valence-corrected chi connectivity index (χ1v) is 8.43. The Hall–Kier alpha value is -2.37. The lowest BCUT2D eigenvalue weighted by Gasteiger charge is -2.12. The first-order valence-electron chi connectivity index (χ1n) is 8.43. The van der Waals surface area contributed by atoms with E-state index in [0.29, 0.717) is 24.6 Å². The van der Waals surface area contributed by atoms with E-state index in [1.54, 1.807) is 30.2 Å². The second kappa shape index (κ2) is 8.47. The standard InChI is InChI=1S/C18H26N4O2/c1-14(2)5-10-22-11-6-15(3)16(18(22)24)17(23)20-7-4-9-21-12-8-19-13-21/h6,8,11-14H,4-5,7,9-10H2,1-3H3,(H,20,23). The minimum absolute atomic E-state index is 0.206. The van der Waals surface area contributed by atoms with Crippen LogP contribution in [0.1, 0.15) is 42.6 Å². The first kappa shape index (κ1) is 18.0. The van der Waals surface area contributed by atoms with Crippen molar-refractivity contribution in [2.75, 3.05) is 6.54 Å². The summed E-state index contributed by atoms with van der Waals surface area (Å²) >= 11 is 0. The lowest BCUT2D eigenvalue weighted by atomic mass is 10.1. The fourth-order valence-electron chi connectivity index (χ4n) is 2.49. The van der Waals surface area contributed by atoms with Crippen molar-refractivity contribution < 1.29 is 4.79 Å². The summed E-state index contributed by atoms with van der Waals surface area (Å²) < 4.78 is 3.59. The SMILES string of the molecule is Cc1ccn(CCC(C)C)c(=O)c1C(=O)NCCCn1ccnc1. The Kier molecular flexibility index (Phi) is 6.35. The molecule has 0 aliphatic rings. The van der Waals surface area contributed by atoms with E-state index < -0.39 is 0 Å². The van der Waals surface area contributed by atoms with E-state index in [2.05, 4.69) is 24.1 Å². The molecule has 0 aromatic carbocycles. The molecule has 6 heteroatoms. The second-order valence-electron chi connectivity index (χ2n) is 6.46. The monoisotopic (exact) mass is 330 g/mol. The van der Waals surface area contributed by atoms with E-state index >= 15 is 0 Å². The lowest BCUT2D eigenvalue weighted by molar-refractivity contribution is 0.0950. The van der Waals surface area contributed by atoms with E-state index in [-0.39, 0.29) is 17.0 Å². The summed E-state index contributed by atoms with van der Waals surface area (Å²) in [6, 6.07) is 1.84. The Morgan fingerprint density at radius 3 is 2.75 bits per heavy atom. The Morgan fingerprint density at radius 2 is 2.08 bits per heavy atom. The molecule has 2 aromatic rings. The van der Waals surface area contributed by atoms with Gasteiger partial charge in [0.05, 0.1) is 6.33 Å². The quantitative estimate of drug-likeness (QED) is 0.755. The zero-order valence-corrected chi connectivity index (χ0v) is 14.7. The van der Waals surface area contributed by atoms with Gasteiger partial charge in [-0.15, -0.1) is 0 Å². The fraction of sp³-hybridized carbons (Fsp3) is 0.500. The Balaban J connectivity index is 1.97. The average molecular weight is 330 g/mol. The Bertz CT molecular complexity index is 717. The van der Waals surface area contributed by atoms with E-state index in [1.165, 1.54) is 0 Å². The normalized spacial score (nSPS) is 11.0. The Labute approximate surface area is 142 Å². The number of amides is 1. The van der Waals surface area contributed by atoms with Crippen molar-refractivity contribution in [1.82, 2.24) is 19.4 Å². The van der Waals surface area contributed by atoms with Crippen LogP contribution in [0.3, 0.4) is 0 Å². The molecule has 0 aliphatic carbocycles. The predicted octanol–water partition coefficient (Wildman–Crippen LogP) is 2.22. The third kappa shape index (κ3) is 4.81. The molecule has 2 aromatic heterocycles. The van der Waals surface area contributed by atoms with Crippen LogP contribution in [0, 0.1) is 12.8 Å². The maximum absolute atomic E-state index is 12.6. The molecule has 24 heavy (non-hydrogen) atoms. The van der Waals surface area contributed by atoms with Crippen LogP contribution < -0.4 is 10.9 Å². The van der Waals surface area contributed by atoms with E-state index in [1.807, 2.05) is 16.8 Å². The highest BCUT2D eigenvalue weighted by atomic mass is 16.2. The highest BCUT2D eigenvalue weighted by Gasteiger charge is 2.15. The summed E-state index contributed by atoms with van der Waals surface area (Å²) in [5, 5.41) is 2.85. The van der Waals surface area contributed by atoms with Crippen LogP contribution in [0.15, 0.2) is 35.8 Å². The molecule has 130 valence electrons. The van der Waals surface area contributed by atoms with Crippen molar-refractivity contribution in [1.29, 1.82) is 0 Å². The average Bonchev–Trinajstić information content (AvgIpc) is 3.04. The molecule has 2 rings (SSSR count). The number of nitrogens with zero attached hydrogens (tertiary/aromatic N) is 3. The van der Waals surface area contributed by atoms with Gasteiger partial charge in [-0.05, 0) is 37.3 Å². The molecule has 0 fully saturated rings. The zero-order chi connectivity index (χ0) is 17.5. The molecule has 2 heterocycles. The minimum Gasteiger partial charge on any atom is -0.352 e. The predicted molar refractivity (Wildman–Crippen MR) is 94.1 cm³/mol. The molecule has 0 radical (unpaired) electrons. The number of carbonyl (C=O) groups excluding carboxylic acids is 1. The van der Waals surface area contributed by atoms with Gasteiger partial charge in [0.1, 0.15) is 5.56 Å². The number of nitrogens with one attached hydrogen (secondary N) is 1. The highest BCUT2D eigenvalue weighted by molar-refractivity contribution is 5.95. The van der Waals surface area contributed by atoms with E-state index in [4.69, 9.17) is 0 Å². The summed E-state index contributed by atoms with van der Waals surface area (Å²) in [7, 11) is 0. The first-order chi connectivity index (χ1) is 11.5. The second-order valence-corrected chi connectivity index (χ2v) is 6.46. The molecule has 0 saturated heterocycles. The highest BCUT2D eigenvalue weighted by Crippen LogP contribution is 2.05. The zero-order valence-electron chi connectivity index (χ0n) is 14.7. The van der Waals surface area contributed by atoms with Crippen LogP contribution in [0.25, 0.3) is 0 Å². The molecular weight excluding hydrogens is 304 g/mol. The van der Waals surface area contributed by atoms with Gasteiger partial charge in [-0.2, -0.15) is 0 Å². The number of rotatable bonds is 8. The van der Waals surface area contributed by atoms with Gasteiger partial charge in [-0.3, -0.25) is 9.59 Å². The van der Waals surface area contributed by atoms with Crippen LogP contribution in [0.4, 0.5) is 0 Å². The fourth-order valence-corrected chi connectivity index (χ4v) is 2.49. The number of aryl methyl sites for hydroxylation is 3. The molecule has 1 N–H and O–H groups in total. The van der Waals surface area contributed by atoms with Crippen molar-refractivity contribution in [3.05, 3.63) is 52.5 Å². The number of hydrogen-bond acceptors (Lipinski definition) is 3. The van der Waals surface area contributed by atoms with Crippen LogP contribution in [0.2, 0.25) is 0 Å². The summed E-state index contributed by atoms with van der Waals surface area (Å²) in [4.78, 5) is 28.9. The van der Waals surface area contributed by atoms with Crippen LogP contribution >= 0.6 is 0 Å². The van der Waals surface area contributed by atoms with Gasteiger partial charge < -0.3 is 14.5 Å². The van der Waals surface area contributed by atoms with Crippen molar-refractivity contribution in [3.8, 4) is 0 Å². The number of pyridine rings is 1. The van der Waals surface area contributed by atoms with Gasteiger partial charge in [-0.25, -0.2) is 4.98 Å². The summed E-state index contributed by atoms with van der Waals surface area (Å²) in [5.74, 6) is 0.223. The van der Waals surface area contributed by atoms with Gasteiger partial charge >= 0.3 is 0 Å². The number of hydrogen-bond donors (Lipinski definition) is 1. The minimum atomic E-state index is -0.290. The van der Waals surface area contributed by atoms with Gasteiger partial charge in [0, 0.05) is 38.2 Å². The van der Waals surface area contributed by atoms with E-state index in [0.717, 1.165) is 19.4 Å². The van der Waals surface area contributed by atoms with Crippen LogP contribution in [0.5, 0.6) is 0 Å². The van der Waals surface area contributed by atoms with E-state index in [9.17, 15) is 9.59 Å². The molecular formula is C18H26N4O2. The largest absolute Gasteiger partial charge is 0.352 e. The maximum Gasteiger partial charge on any atom is 0.263 e. The van der Waals surface area contributed by atoms with Gasteiger partial charge in [0.15, 0.2) is 0 Å². The number of imidazole rings is 1. The smallest absolute Gasteiger partial charge is 0.263 e. The van der Waals surface area contributed by atoms with Gasteiger partial charge in [0.2, 0.25) is 0 Å². The van der Waals surface area contributed by atoms with Crippen molar-refractivity contribution in [2.45, 2.75) is 46.7 Å². The molecule has 0 unspecified atom stereocenters. The van der Waals surface area contributed by atoms with Crippen LogP contribution in [-0.4, -0.2) is 26.6 Å².